The molecular weight excluding hydrogens is 370 g/mol. The van der Waals surface area contributed by atoms with E-state index in [0.29, 0.717) is 28.9 Å². The number of para-hydroxylation sites is 2. The maximum Gasteiger partial charge on any atom is 0.311 e. The monoisotopic (exact) mass is 389 g/mol. The molecule has 0 saturated heterocycles. The van der Waals surface area contributed by atoms with E-state index >= 15 is 0 Å². The highest BCUT2D eigenvalue weighted by Gasteiger charge is 2.25. The third-order valence-corrected chi connectivity index (χ3v) is 4.57. The summed E-state index contributed by atoms with van der Waals surface area (Å²) < 4.78 is 10.4. The van der Waals surface area contributed by atoms with Crippen LogP contribution in [0.1, 0.15) is 19.0 Å². The van der Waals surface area contributed by atoms with Gasteiger partial charge in [-0.25, -0.2) is 4.98 Å². The fourth-order valence-corrected chi connectivity index (χ4v) is 3.33. The molecule has 1 aliphatic rings. The molecule has 9 heteroatoms. The van der Waals surface area contributed by atoms with Crippen molar-refractivity contribution in [2.45, 2.75) is 19.8 Å². The van der Waals surface area contributed by atoms with Crippen LogP contribution in [0.4, 0.5) is 10.8 Å². The summed E-state index contributed by atoms with van der Waals surface area (Å²) >= 11 is 1.21. The minimum absolute atomic E-state index is 0.0511. The second-order valence-corrected chi connectivity index (χ2v) is 6.58. The molecular formula is C18H19N3O5S. The van der Waals surface area contributed by atoms with Gasteiger partial charge in [-0.1, -0.05) is 12.1 Å². The lowest BCUT2D eigenvalue weighted by atomic mass is 10.2. The summed E-state index contributed by atoms with van der Waals surface area (Å²) in [7, 11) is 0. The van der Waals surface area contributed by atoms with Crippen LogP contribution in [0.15, 0.2) is 29.6 Å². The number of nitrogens with one attached hydrogen (secondary N) is 1. The number of nitrogens with zero attached hydrogens (tertiary/aromatic N) is 2. The van der Waals surface area contributed by atoms with Crippen molar-refractivity contribution in [1.29, 1.82) is 0 Å². The first-order valence-electron chi connectivity index (χ1n) is 8.49. The van der Waals surface area contributed by atoms with Crippen molar-refractivity contribution < 1.29 is 23.9 Å². The Morgan fingerprint density at radius 2 is 2.19 bits per heavy atom. The van der Waals surface area contributed by atoms with Crippen molar-refractivity contribution in [3.05, 3.63) is 35.3 Å². The van der Waals surface area contributed by atoms with Gasteiger partial charge in [-0.2, -0.15) is 0 Å². The number of aromatic nitrogens is 1. The van der Waals surface area contributed by atoms with E-state index in [2.05, 4.69) is 10.3 Å². The molecule has 0 saturated carbocycles. The zero-order valence-electron chi connectivity index (χ0n) is 14.8. The number of amides is 2. The molecule has 1 aromatic carbocycles. The normalized spacial score (nSPS) is 13.4. The molecule has 2 amide bonds. The lowest BCUT2D eigenvalue weighted by molar-refractivity contribution is -0.142. The van der Waals surface area contributed by atoms with Crippen molar-refractivity contribution in [1.82, 2.24) is 4.98 Å². The fraction of sp³-hybridized carbons (Fsp3) is 0.333. The van der Waals surface area contributed by atoms with Crippen LogP contribution < -0.4 is 15.0 Å². The Morgan fingerprint density at radius 3 is 3.00 bits per heavy atom. The van der Waals surface area contributed by atoms with Crippen LogP contribution in [0.2, 0.25) is 0 Å². The number of hydrogen-bond acceptors (Lipinski definition) is 7. The SMILES string of the molecule is CCOC(=O)Cc1csc(NC(=O)CN2C(=O)CCOc3ccccc32)n1. The highest BCUT2D eigenvalue weighted by molar-refractivity contribution is 7.13. The van der Waals surface area contributed by atoms with Gasteiger partial charge in [0.15, 0.2) is 5.13 Å². The quantitative estimate of drug-likeness (QED) is 0.759. The molecule has 0 fully saturated rings. The molecule has 27 heavy (non-hydrogen) atoms. The maximum atomic E-state index is 12.4. The Kier molecular flexibility index (Phi) is 6.02. The largest absolute Gasteiger partial charge is 0.491 e. The zero-order valence-corrected chi connectivity index (χ0v) is 15.6. The first-order valence-corrected chi connectivity index (χ1v) is 9.37. The molecule has 0 bridgehead atoms. The molecule has 3 rings (SSSR count). The van der Waals surface area contributed by atoms with E-state index in [-0.39, 0.29) is 43.8 Å². The summed E-state index contributed by atoms with van der Waals surface area (Å²) in [6.45, 7) is 2.17. The van der Waals surface area contributed by atoms with Gasteiger partial charge in [0.2, 0.25) is 11.8 Å². The van der Waals surface area contributed by atoms with Crippen LogP contribution in [0.25, 0.3) is 0 Å². The summed E-state index contributed by atoms with van der Waals surface area (Å²) in [5.41, 5.74) is 1.09. The lowest BCUT2D eigenvalue weighted by Crippen LogP contribution is -2.37. The Labute approximate surface area is 160 Å². The predicted molar refractivity (Wildman–Crippen MR) is 100.0 cm³/mol. The van der Waals surface area contributed by atoms with Gasteiger partial charge in [-0.05, 0) is 19.1 Å². The van der Waals surface area contributed by atoms with Gasteiger partial charge < -0.3 is 14.8 Å². The molecule has 1 aromatic heterocycles. The van der Waals surface area contributed by atoms with E-state index < -0.39 is 0 Å². The number of esters is 1. The Morgan fingerprint density at radius 1 is 1.37 bits per heavy atom. The second-order valence-electron chi connectivity index (χ2n) is 5.72. The van der Waals surface area contributed by atoms with Crippen LogP contribution in [0.5, 0.6) is 5.75 Å². The summed E-state index contributed by atoms with van der Waals surface area (Å²) in [5, 5.41) is 4.72. The predicted octanol–water partition coefficient (Wildman–Crippen LogP) is 2.00. The van der Waals surface area contributed by atoms with Gasteiger partial charge in [0, 0.05) is 5.38 Å². The molecule has 0 unspecified atom stereocenters. The summed E-state index contributed by atoms with van der Waals surface area (Å²) in [6, 6.07) is 7.11. The van der Waals surface area contributed by atoms with Gasteiger partial charge in [0.1, 0.15) is 12.3 Å². The molecule has 0 aliphatic carbocycles. The number of hydrogen-bond donors (Lipinski definition) is 1. The van der Waals surface area contributed by atoms with Crippen molar-refractivity contribution in [3.8, 4) is 5.75 Å². The molecule has 1 aliphatic heterocycles. The van der Waals surface area contributed by atoms with E-state index in [1.165, 1.54) is 16.2 Å². The molecule has 8 nitrogen and oxygen atoms in total. The molecule has 1 N–H and O–H groups in total. The van der Waals surface area contributed by atoms with E-state index in [9.17, 15) is 14.4 Å². The smallest absolute Gasteiger partial charge is 0.311 e. The fourth-order valence-electron chi connectivity index (χ4n) is 2.60. The minimum atomic E-state index is -0.378. The number of fused-ring (bicyclic) bond motifs is 1. The van der Waals surface area contributed by atoms with Crippen molar-refractivity contribution >= 4 is 39.9 Å². The Balaban J connectivity index is 1.65. The van der Waals surface area contributed by atoms with Crippen LogP contribution >= 0.6 is 11.3 Å². The van der Waals surface area contributed by atoms with Crippen molar-refractivity contribution in [3.63, 3.8) is 0 Å². The Bertz CT molecular complexity index is 851. The molecule has 0 atom stereocenters. The summed E-state index contributed by atoms with van der Waals surface area (Å²) in [6.07, 6.45) is 0.248. The van der Waals surface area contributed by atoms with Gasteiger partial charge in [0.25, 0.3) is 0 Å². The zero-order chi connectivity index (χ0) is 19.2. The lowest BCUT2D eigenvalue weighted by Gasteiger charge is -2.20. The van der Waals surface area contributed by atoms with Crippen LogP contribution in [-0.4, -0.2) is 42.5 Å². The highest BCUT2D eigenvalue weighted by atomic mass is 32.1. The number of carbonyl (C=O) groups excluding carboxylic acids is 3. The highest BCUT2D eigenvalue weighted by Crippen LogP contribution is 2.30. The molecule has 0 spiro atoms. The number of rotatable bonds is 6. The number of thiazole rings is 1. The molecule has 2 heterocycles. The van der Waals surface area contributed by atoms with E-state index in [1.54, 1.807) is 30.5 Å². The average Bonchev–Trinajstić information content (AvgIpc) is 3.00. The standard InChI is InChI=1S/C18H19N3O5S/c1-2-25-17(24)9-12-11-27-18(19-12)20-15(22)10-21-13-5-3-4-6-14(13)26-8-7-16(21)23/h3-6,11H,2,7-10H2,1H3,(H,19,20,22). The first kappa shape index (κ1) is 18.8. The second kappa shape index (κ2) is 8.63. The molecule has 142 valence electrons. The number of benzene rings is 1. The molecule has 2 aromatic rings. The average molecular weight is 389 g/mol. The maximum absolute atomic E-state index is 12.4. The van der Waals surface area contributed by atoms with E-state index in [4.69, 9.17) is 9.47 Å². The van der Waals surface area contributed by atoms with Crippen molar-refractivity contribution in [2.75, 3.05) is 30.0 Å². The van der Waals surface area contributed by atoms with E-state index in [0.717, 1.165) is 0 Å². The van der Waals surface area contributed by atoms with Gasteiger partial charge in [-0.15, -0.1) is 11.3 Å². The summed E-state index contributed by atoms with van der Waals surface area (Å²) in [5.74, 6) is -0.358. The third kappa shape index (κ3) is 4.82. The van der Waals surface area contributed by atoms with Gasteiger partial charge in [-0.3, -0.25) is 19.3 Å². The van der Waals surface area contributed by atoms with Crippen LogP contribution in [0.3, 0.4) is 0 Å². The van der Waals surface area contributed by atoms with Crippen LogP contribution in [-0.2, 0) is 25.5 Å². The topological polar surface area (TPSA) is 97.8 Å². The summed E-state index contributed by atoms with van der Waals surface area (Å²) in [4.78, 5) is 41.9. The van der Waals surface area contributed by atoms with Crippen molar-refractivity contribution in [2.24, 2.45) is 0 Å². The van der Waals surface area contributed by atoms with Gasteiger partial charge in [0.05, 0.1) is 37.4 Å². The van der Waals surface area contributed by atoms with E-state index in [1.807, 2.05) is 6.07 Å². The number of ether oxygens (including phenoxy) is 2. The first-order chi connectivity index (χ1) is 13.1. The number of anilines is 2. The Hall–Kier alpha value is -2.94. The van der Waals surface area contributed by atoms with Crippen LogP contribution in [0, 0.1) is 0 Å². The minimum Gasteiger partial charge on any atom is -0.491 e. The third-order valence-electron chi connectivity index (χ3n) is 3.76. The number of carbonyl (C=O) groups is 3. The molecule has 0 radical (unpaired) electrons. The van der Waals surface area contributed by atoms with Gasteiger partial charge >= 0.3 is 5.97 Å².